The normalized spacial score (nSPS) is 12.5. The molecule has 151 valence electrons. The Balaban J connectivity index is 0.00000218. The van der Waals surface area contributed by atoms with E-state index in [1.807, 2.05) is 60.4 Å². The van der Waals surface area contributed by atoms with Gasteiger partial charge in [-0.25, -0.2) is 9.97 Å². The first kappa shape index (κ1) is 20.2. The number of anilines is 4. The van der Waals surface area contributed by atoms with Crippen LogP contribution in [0.5, 0.6) is 0 Å². The minimum absolute atomic E-state index is 0. The number of pyridine rings is 1. The van der Waals surface area contributed by atoms with E-state index in [4.69, 9.17) is 0 Å². The molecule has 5 nitrogen and oxygen atoms in total. The molecule has 0 saturated heterocycles. The Bertz CT molecular complexity index is 1140. The fourth-order valence-electron chi connectivity index (χ4n) is 3.84. The van der Waals surface area contributed by atoms with Crippen molar-refractivity contribution in [2.24, 2.45) is 0 Å². The van der Waals surface area contributed by atoms with E-state index in [1.54, 1.807) is 12.4 Å². The molecule has 3 heterocycles. The van der Waals surface area contributed by atoms with Crippen LogP contribution >= 0.6 is 0 Å². The third-order valence-electron chi connectivity index (χ3n) is 5.06. The van der Waals surface area contributed by atoms with Gasteiger partial charge in [0.15, 0.2) is 0 Å². The Hall–Kier alpha value is -3.08. The van der Waals surface area contributed by atoms with Crippen molar-refractivity contribution in [3.05, 3.63) is 97.2 Å². The zero-order valence-electron chi connectivity index (χ0n) is 16.6. The summed E-state index contributed by atoms with van der Waals surface area (Å²) < 4.78 is 0. The van der Waals surface area contributed by atoms with Crippen molar-refractivity contribution in [1.29, 1.82) is 0 Å². The maximum atomic E-state index is 4.60. The van der Waals surface area contributed by atoms with Gasteiger partial charge in [-0.3, -0.25) is 4.98 Å². The molecular formula is C24H19IrN5-2. The maximum Gasteiger partial charge on any atom is 0.145 e. The largest absolute Gasteiger partial charge is 0.477 e. The number of rotatable bonds is 3. The number of nitrogens with zero attached hydrogens (tertiary/aromatic N) is 5. The van der Waals surface area contributed by atoms with Gasteiger partial charge in [0.1, 0.15) is 11.6 Å². The fraction of sp³-hybridized carbons (Fsp3) is 0.0833. The molecule has 0 atom stereocenters. The number of aryl methyl sites for hydroxylation is 2. The summed E-state index contributed by atoms with van der Waals surface area (Å²) in [5, 5.41) is 0. The Labute approximate surface area is 189 Å². The molecule has 0 saturated carbocycles. The van der Waals surface area contributed by atoms with Gasteiger partial charge in [-0.2, -0.15) is 30.3 Å². The predicted octanol–water partition coefficient (Wildman–Crippen LogP) is 5.36. The molecule has 5 rings (SSSR count). The van der Waals surface area contributed by atoms with Crippen LogP contribution in [0.15, 0.2) is 73.3 Å². The molecule has 0 bridgehead atoms. The Kier molecular flexibility index (Phi) is 5.62. The van der Waals surface area contributed by atoms with E-state index in [9.17, 15) is 0 Å². The quantitative estimate of drug-likeness (QED) is 0.311. The summed E-state index contributed by atoms with van der Waals surface area (Å²) in [5.41, 5.74) is 6.80. The van der Waals surface area contributed by atoms with Crippen LogP contribution in [0.3, 0.4) is 0 Å². The second kappa shape index (κ2) is 8.34. The second-order valence-corrected chi connectivity index (χ2v) is 7.00. The number of fused-ring (bicyclic) bond motifs is 1. The smallest absolute Gasteiger partial charge is 0.145 e. The second-order valence-electron chi connectivity index (χ2n) is 7.00. The summed E-state index contributed by atoms with van der Waals surface area (Å²) in [4.78, 5) is 17.4. The van der Waals surface area contributed by atoms with Gasteiger partial charge < -0.3 is 9.80 Å². The van der Waals surface area contributed by atoms with E-state index in [-0.39, 0.29) is 20.1 Å². The summed E-state index contributed by atoms with van der Waals surface area (Å²) in [6.45, 7) is 6.31. The molecule has 2 aromatic heterocycles. The van der Waals surface area contributed by atoms with Crippen LogP contribution in [0.2, 0.25) is 0 Å². The molecule has 1 radical (unpaired) electrons. The van der Waals surface area contributed by atoms with E-state index in [1.165, 1.54) is 22.3 Å². The van der Waals surface area contributed by atoms with Gasteiger partial charge in [-0.1, -0.05) is 0 Å². The number of hydrogen-bond donors (Lipinski definition) is 0. The number of aromatic nitrogens is 3. The molecule has 0 fully saturated rings. The van der Waals surface area contributed by atoms with Crippen molar-refractivity contribution in [3.8, 4) is 11.1 Å². The predicted molar refractivity (Wildman–Crippen MR) is 115 cm³/mol. The van der Waals surface area contributed by atoms with Crippen LogP contribution in [0.1, 0.15) is 11.1 Å². The topological polar surface area (TPSA) is 45.2 Å². The zero-order valence-corrected chi connectivity index (χ0v) is 19.0. The first-order valence-corrected chi connectivity index (χ1v) is 9.45. The number of para-hydroxylation sites is 1. The van der Waals surface area contributed by atoms with Crippen molar-refractivity contribution in [2.75, 3.05) is 9.80 Å². The molecule has 0 N–H and O–H groups in total. The monoisotopic (exact) mass is 570 g/mol. The summed E-state index contributed by atoms with van der Waals surface area (Å²) >= 11 is 0. The first-order valence-electron chi connectivity index (χ1n) is 9.45. The van der Waals surface area contributed by atoms with Gasteiger partial charge in [0.05, 0.1) is 0 Å². The van der Waals surface area contributed by atoms with Crippen LogP contribution in [-0.2, 0) is 20.1 Å². The molecule has 0 unspecified atom stereocenters. The van der Waals surface area contributed by atoms with Gasteiger partial charge in [0, 0.05) is 50.6 Å². The molecule has 0 aliphatic carbocycles. The van der Waals surface area contributed by atoms with E-state index in [0.717, 1.165) is 23.0 Å². The van der Waals surface area contributed by atoms with Crippen LogP contribution in [-0.4, -0.2) is 15.0 Å². The Morgan fingerprint density at radius 3 is 2.13 bits per heavy atom. The number of benzene rings is 2. The maximum absolute atomic E-state index is 4.60. The average Bonchev–Trinajstić information content (AvgIpc) is 3.14. The first-order chi connectivity index (χ1) is 14.2. The Morgan fingerprint density at radius 1 is 0.833 bits per heavy atom. The van der Waals surface area contributed by atoms with Crippen molar-refractivity contribution < 1.29 is 20.1 Å². The van der Waals surface area contributed by atoms with Gasteiger partial charge in [-0.05, 0) is 60.4 Å². The molecule has 0 amide bonds. The summed E-state index contributed by atoms with van der Waals surface area (Å²) in [5.74, 6) is 1.60. The zero-order chi connectivity index (χ0) is 19.8. The van der Waals surface area contributed by atoms with E-state index in [2.05, 4.69) is 51.9 Å². The van der Waals surface area contributed by atoms with Crippen molar-refractivity contribution >= 4 is 23.0 Å². The van der Waals surface area contributed by atoms with Gasteiger partial charge in [0.2, 0.25) is 0 Å². The van der Waals surface area contributed by atoms with Crippen molar-refractivity contribution in [3.63, 3.8) is 0 Å². The molecule has 1 aliphatic heterocycles. The molecule has 30 heavy (non-hydrogen) atoms. The Morgan fingerprint density at radius 2 is 1.50 bits per heavy atom. The number of hydrogen-bond acceptors (Lipinski definition) is 5. The molecule has 6 heteroatoms. The summed E-state index contributed by atoms with van der Waals surface area (Å²) in [7, 11) is 0. The van der Waals surface area contributed by atoms with Crippen LogP contribution in [0.4, 0.5) is 23.0 Å². The minimum Gasteiger partial charge on any atom is -0.477 e. The van der Waals surface area contributed by atoms with E-state index < -0.39 is 0 Å². The molecule has 4 aromatic rings. The molecule has 2 aromatic carbocycles. The van der Waals surface area contributed by atoms with Crippen molar-refractivity contribution in [2.45, 2.75) is 13.8 Å². The third kappa shape index (κ3) is 3.49. The van der Waals surface area contributed by atoms with Crippen molar-refractivity contribution in [1.82, 2.24) is 15.0 Å². The SMILES string of the molecule is Cc1cc(N2[CH-]N(c3[c-]cccc3)c3nccnc32)cc(C)c1-c1ccncc1.[Ir]. The minimum atomic E-state index is 0. The van der Waals surface area contributed by atoms with Gasteiger partial charge in [-0.15, -0.1) is 12.4 Å². The van der Waals surface area contributed by atoms with Gasteiger partial charge in [0.25, 0.3) is 0 Å². The third-order valence-corrected chi connectivity index (χ3v) is 5.06. The molecular weight excluding hydrogens is 551 g/mol. The van der Waals surface area contributed by atoms with Crippen LogP contribution in [0, 0.1) is 26.6 Å². The standard InChI is InChI=1S/C24H19N5.Ir/c1-17-14-21(15-18(2)22(17)19-8-10-25-11-9-19)29-16-28(20-6-4-3-5-7-20)23-24(29)27-13-12-26-23;/h3-6,8-16H,1-2H3;/q-2;. The summed E-state index contributed by atoms with van der Waals surface area (Å²) in [6.07, 6.45) is 7.10. The molecule has 1 aliphatic rings. The van der Waals surface area contributed by atoms with E-state index >= 15 is 0 Å². The van der Waals surface area contributed by atoms with Crippen LogP contribution in [0.25, 0.3) is 11.1 Å². The van der Waals surface area contributed by atoms with Crippen LogP contribution < -0.4 is 9.80 Å². The van der Waals surface area contributed by atoms with E-state index in [0.29, 0.717) is 0 Å². The molecule has 0 spiro atoms. The average molecular weight is 570 g/mol. The van der Waals surface area contributed by atoms with Gasteiger partial charge >= 0.3 is 0 Å². The summed E-state index contributed by atoms with van der Waals surface area (Å²) in [6, 6.07) is 19.6. The fourth-order valence-corrected chi connectivity index (χ4v) is 3.84.